The quantitative estimate of drug-likeness (QED) is 0.606. The lowest BCUT2D eigenvalue weighted by Gasteiger charge is -2.27. The molecule has 2 saturated carbocycles. The number of hydrogen-bond donors (Lipinski definition) is 1. The number of rotatable bonds is 2. The van der Waals surface area contributed by atoms with Crippen molar-refractivity contribution in [1.82, 2.24) is 0 Å². The van der Waals surface area contributed by atoms with Crippen LogP contribution in [0.4, 0.5) is 5.69 Å². The molecule has 1 saturated heterocycles. The van der Waals surface area contributed by atoms with Crippen LogP contribution in [0.15, 0.2) is 18.2 Å². The molecule has 1 aromatic rings. The van der Waals surface area contributed by atoms with Crippen LogP contribution in [0.1, 0.15) is 6.42 Å². The zero-order valence-electron chi connectivity index (χ0n) is 11.3. The number of nitrogens with one attached hydrogen (secondary N) is 1. The summed E-state index contributed by atoms with van der Waals surface area (Å²) in [5, 5.41) is 3.73. The van der Waals surface area contributed by atoms with E-state index in [2.05, 4.69) is 21.2 Å². The molecular weight excluding hydrogens is 393 g/mol. The van der Waals surface area contributed by atoms with Crippen LogP contribution < -0.4 is 5.32 Å². The van der Waals surface area contributed by atoms with Gasteiger partial charge in [-0.3, -0.25) is 9.59 Å². The number of amides is 1. The molecule has 4 rings (SSSR count). The highest BCUT2D eigenvalue weighted by Gasteiger charge is 2.67. The van der Waals surface area contributed by atoms with Crippen molar-refractivity contribution in [3.05, 3.63) is 28.2 Å². The van der Waals surface area contributed by atoms with Crippen LogP contribution in [0.2, 0.25) is 10.0 Å². The van der Waals surface area contributed by atoms with Crippen LogP contribution in [0.3, 0.4) is 0 Å². The molecule has 2 bridgehead atoms. The molecule has 1 aromatic carbocycles. The van der Waals surface area contributed by atoms with Gasteiger partial charge in [0.05, 0.1) is 27.4 Å². The van der Waals surface area contributed by atoms with E-state index in [9.17, 15) is 9.59 Å². The molecule has 2 aliphatic carbocycles. The summed E-state index contributed by atoms with van der Waals surface area (Å²) in [6, 6.07) is 4.90. The van der Waals surface area contributed by atoms with Gasteiger partial charge in [-0.1, -0.05) is 39.1 Å². The topological polar surface area (TPSA) is 55.4 Å². The first-order valence-corrected chi connectivity index (χ1v) is 8.75. The van der Waals surface area contributed by atoms with Crippen LogP contribution >= 0.6 is 39.1 Å². The summed E-state index contributed by atoms with van der Waals surface area (Å²) in [5.74, 6) is -0.894. The van der Waals surface area contributed by atoms with Crippen LogP contribution in [-0.2, 0) is 14.3 Å². The Morgan fingerprint density at radius 2 is 2.09 bits per heavy atom. The summed E-state index contributed by atoms with van der Waals surface area (Å²) in [6.07, 6.45) is 0.763. The fraction of sp³-hybridized carbons (Fsp3) is 0.467. The molecule has 1 heterocycles. The van der Waals surface area contributed by atoms with Crippen molar-refractivity contribution >= 4 is 56.7 Å². The average Bonchev–Trinajstić information content (AvgIpc) is 3.07. The van der Waals surface area contributed by atoms with Crippen molar-refractivity contribution in [3.8, 4) is 0 Å². The van der Waals surface area contributed by atoms with Gasteiger partial charge in [0.15, 0.2) is 0 Å². The number of esters is 1. The molecule has 7 heteroatoms. The first-order chi connectivity index (χ1) is 10.5. The number of ether oxygens (including phenoxy) is 1. The van der Waals surface area contributed by atoms with Crippen molar-refractivity contribution in [2.24, 2.45) is 23.7 Å². The van der Waals surface area contributed by atoms with E-state index in [4.69, 9.17) is 27.9 Å². The van der Waals surface area contributed by atoms with Gasteiger partial charge in [0.1, 0.15) is 6.10 Å². The maximum atomic E-state index is 12.7. The molecular formula is C15H12BrCl2NO3. The number of hydrogen-bond acceptors (Lipinski definition) is 3. The predicted molar refractivity (Wildman–Crippen MR) is 86.3 cm³/mol. The van der Waals surface area contributed by atoms with Crippen LogP contribution in [0.25, 0.3) is 0 Å². The Balaban J connectivity index is 1.61. The van der Waals surface area contributed by atoms with Crippen molar-refractivity contribution in [3.63, 3.8) is 0 Å². The van der Waals surface area contributed by atoms with Crippen molar-refractivity contribution < 1.29 is 14.3 Å². The summed E-state index contributed by atoms with van der Waals surface area (Å²) in [6.45, 7) is 0. The molecule has 0 unspecified atom stereocenters. The van der Waals surface area contributed by atoms with Gasteiger partial charge in [0, 0.05) is 10.9 Å². The van der Waals surface area contributed by atoms with E-state index in [-0.39, 0.29) is 46.5 Å². The Bertz CT molecular complexity index is 683. The van der Waals surface area contributed by atoms with Gasteiger partial charge in [-0.25, -0.2) is 0 Å². The van der Waals surface area contributed by atoms with Crippen LogP contribution in [0, 0.1) is 23.7 Å². The van der Waals surface area contributed by atoms with E-state index in [1.807, 2.05) is 0 Å². The number of carbonyl (C=O) groups is 2. The summed E-state index contributed by atoms with van der Waals surface area (Å²) in [7, 11) is 0. The summed E-state index contributed by atoms with van der Waals surface area (Å²) in [4.78, 5) is 24.8. The highest BCUT2D eigenvalue weighted by atomic mass is 79.9. The minimum Gasteiger partial charge on any atom is -0.461 e. The van der Waals surface area contributed by atoms with E-state index in [1.165, 1.54) is 0 Å². The Hall–Kier alpha value is -0.780. The van der Waals surface area contributed by atoms with Gasteiger partial charge in [0.2, 0.25) is 5.91 Å². The summed E-state index contributed by atoms with van der Waals surface area (Å²) < 4.78 is 5.41. The number of fused-ring (bicyclic) bond motifs is 1. The summed E-state index contributed by atoms with van der Waals surface area (Å²) in [5.41, 5.74) is 0.468. The van der Waals surface area contributed by atoms with Gasteiger partial charge in [-0.2, -0.15) is 0 Å². The van der Waals surface area contributed by atoms with Gasteiger partial charge in [-0.05, 0) is 30.5 Å². The molecule has 3 aliphatic rings. The lowest BCUT2D eigenvalue weighted by Crippen LogP contribution is -2.40. The second kappa shape index (κ2) is 5.11. The fourth-order valence-corrected chi connectivity index (χ4v) is 5.52. The number of halogens is 3. The first-order valence-electron chi connectivity index (χ1n) is 7.08. The van der Waals surface area contributed by atoms with E-state index >= 15 is 0 Å². The number of carbonyl (C=O) groups excluding carboxylic acids is 2. The molecule has 1 N–H and O–H groups in total. The second-order valence-corrected chi connectivity index (χ2v) is 7.98. The highest BCUT2D eigenvalue weighted by Crippen LogP contribution is 2.60. The third-order valence-electron chi connectivity index (χ3n) is 5.01. The second-order valence-electron chi connectivity index (χ2n) is 6.07. The van der Waals surface area contributed by atoms with Gasteiger partial charge >= 0.3 is 5.97 Å². The zero-order valence-corrected chi connectivity index (χ0v) is 14.4. The fourth-order valence-electron chi connectivity index (χ4n) is 4.14. The lowest BCUT2D eigenvalue weighted by atomic mass is 9.79. The SMILES string of the molecule is O=C(Nc1cc(Cl)ccc1Cl)[C@@H]1[C@H]2C[C@H]3[C@H](OC(=O)[C@H]31)[C@H]2Br. The molecule has 0 spiro atoms. The van der Waals surface area contributed by atoms with E-state index in [1.54, 1.807) is 18.2 Å². The molecule has 116 valence electrons. The van der Waals surface area contributed by atoms with E-state index in [0.717, 1.165) is 6.42 Å². The van der Waals surface area contributed by atoms with E-state index in [0.29, 0.717) is 15.7 Å². The number of benzene rings is 1. The minimum absolute atomic E-state index is 0.0470. The summed E-state index contributed by atoms with van der Waals surface area (Å²) >= 11 is 15.6. The predicted octanol–water partition coefficient (Wildman–Crippen LogP) is 3.50. The molecule has 6 atom stereocenters. The Kier molecular flexibility index (Phi) is 3.44. The smallest absolute Gasteiger partial charge is 0.310 e. The number of alkyl halides is 1. The van der Waals surface area contributed by atoms with Crippen molar-refractivity contribution in [2.75, 3.05) is 5.32 Å². The zero-order chi connectivity index (χ0) is 15.6. The Morgan fingerprint density at radius 1 is 1.32 bits per heavy atom. The monoisotopic (exact) mass is 403 g/mol. The third kappa shape index (κ3) is 2.02. The molecule has 1 amide bonds. The molecule has 0 radical (unpaired) electrons. The van der Waals surface area contributed by atoms with Gasteiger partial charge in [-0.15, -0.1) is 0 Å². The minimum atomic E-state index is -0.379. The van der Waals surface area contributed by atoms with E-state index < -0.39 is 0 Å². The van der Waals surface area contributed by atoms with Crippen LogP contribution in [-0.4, -0.2) is 22.8 Å². The largest absolute Gasteiger partial charge is 0.461 e. The number of anilines is 1. The van der Waals surface area contributed by atoms with Crippen molar-refractivity contribution in [1.29, 1.82) is 0 Å². The van der Waals surface area contributed by atoms with Gasteiger partial charge in [0.25, 0.3) is 0 Å². The lowest BCUT2D eigenvalue weighted by molar-refractivity contribution is -0.145. The molecule has 4 nitrogen and oxygen atoms in total. The average molecular weight is 405 g/mol. The maximum Gasteiger partial charge on any atom is 0.310 e. The third-order valence-corrected chi connectivity index (χ3v) is 6.78. The molecule has 0 aromatic heterocycles. The molecule has 22 heavy (non-hydrogen) atoms. The van der Waals surface area contributed by atoms with Gasteiger partial charge < -0.3 is 10.1 Å². The van der Waals surface area contributed by atoms with Crippen molar-refractivity contribution in [2.45, 2.75) is 17.4 Å². The molecule has 3 fully saturated rings. The van der Waals surface area contributed by atoms with Crippen LogP contribution in [0.5, 0.6) is 0 Å². The molecule has 1 aliphatic heterocycles. The maximum absolute atomic E-state index is 12.7. The standard InChI is InChI=1S/C15H12BrCl2NO3/c16-12-6-4-7-11(15(21)22-13(7)12)10(6)14(20)19-9-3-5(17)1-2-8(9)18/h1-3,6-7,10-13H,4H2,(H,19,20)/t6-,7-,10-,11-,12+,13+/m1/s1. The highest BCUT2D eigenvalue weighted by molar-refractivity contribution is 9.09. The first kappa shape index (κ1) is 14.8. The Labute approximate surface area is 145 Å². The Morgan fingerprint density at radius 3 is 2.86 bits per heavy atom. The normalized spacial score (nSPS) is 38.2.